The van der Waals surface area contributed by atoms with Gasteiger partial charge in [-0.1, -0.05) is 6.08 Å². The van der Waals surface area contributed by atoms with E-state index in [4.69, 9.17) is 4.74 Å². The Labute approximate surface area is 152 Å². The Morgan fingerprint density at radius 1 is 1.35 bits per heavy atom. The molecule has 0 aromatic carbocycles. The fourth-order valence-corrected chi connectivity index (χ4v) is 4.03. The van der Waals surface area contributed by atoms with Crippen molar-refractivity contribution in [3.05, 3.63) is 11.6 Å². The third-order valence-electron chi connectivity index (χ3n) is 4.61. The molecule has 2 aliphatic heterocycles. The molecule has 0 spiro atoms. The number of carbonyl (C=O) groups excluding carboxylic acids is 3. The highest BCUT2D eigenvalue weighted by atomic mass is 31.2. The van der Waals surface area contributed by atoms with Crippen LogP contribution in [-0.2, 0) is 19.1 Å². The van der Waals surface area contributed by atoms with Gasteiger partial charge in [-0.25, -0.2) is 0 Å². The average Bonchev–Trinajstić information content (AvgIpc) is 2.80. The number of hydrogen-bond acceptors (Lipinski definition) is 7. The van der Waals surface area contributed by atoms with Crippen molar-refractivity contribution in [3.63, 3.8) is 0 Å². The van der Waals surface area contributed by atoms with E-state index in [1.54, 1.807) is 0 Å². The number of aliphatic hydroxyl groups is 3. The van der Waals surface area contributed by atoms with Gasteiger partial charge in [-0.15, -0.1) is 13.2 Å². The molecular formula is C17H26NO7P. The number of rotatable bonds is 6. The molecule has 9 heteroatoms. The van der Waals surface area contributed by atoms with Gasteiger partial charge in [0.1, 0.15) is 24.4 Å². The van der Waals surface area contributed by atoms with Crippen LogP contribution in [0.1, 0.15) is 13.3 Å². The Hall–Kier alpha value is -1.31. The van der Waals surface area contributed by atoms with E-state index < -0.39 is 60.9 Å². The van der Waals surface area contributed by atoms with Crippen LogP contribution in [0.2, 0.25) is 0 Å². The number of imide groups is 1. The number of carbonyl (C=O) groups is 3. The van der Waals surface area contributed by atoms with Crippen LogP contribution in [0.25, 0.3) is 0 Å². The molecule has 2 aliphatic rings. The van der Waals surface area contributed by atoms with Crippen LogP contribution in [0.3, 0.4) is 0 Å². The van der Waals surface area contributed by atoms with Gasteiger partial charge in [0.25, 0.3) is 5.91 Å². The summed E-state index contributed by atoms with van der Waals surface area (Å²) in [6.45, 7) is 3.85. The smallest absolute Gasteiger partial charge is 0.256 e. The predicted octanol–water partition coefficient (Wildman–Crippen LogP) is -1.28. The minimum Gasteiger partial charge on any atom is -0.388 e. The molecule has 1 saturated heterocycles. The molecule has 4 N–H and O–H groups in total. The molecule has 0 aliphatic carbocycles. The van der Waals surface area contributed by atoms with Gasteiger partial charge in [0.2, 0.25) is 5.91 Å². The lowest BCUT2D eigenvalue weighted by molar-refractivity contribution is -0.137. The molecule has 8 nitrogen and oxygen atoms in total. The normalized spacial score (nSPS) is 33.6. The molecule has 26 heavy (non-hydrogen) atoms. The topological polar surface area (TPSA) is 133 Å². The van der Waals surface area contributed by atoms with Crippen LogP contribution >= 0.6 is 6.89 Å². The molecule has 2 amide bonds. The number of Topliss-reactive ketones (excluding diaryl/α,β-unsaturated/α-hetero) is 1. The van der Waals surface area contributed by atoms with Gasteiger partial charge in [-0.05, 0) is 32.8 Å². The zero-order valence-electron chi connectivity index (χ0n) is 15.1. The summed E-state index contributed by atoms with van der Waals surface area (Å²) in [7, 11) is 0. The molecule has 0 aromatic rings. The average molecular weight is 387 g/mol. The summed E-state index contributed by atoms with van der Waals surface area (Å²) in [6, 6.07) is 0. The lowest BCUT2D eigenvalue weighted by atomic mass is 9.88. The van der Waals surface area contributed by atoms with E-state index in [0.717, 1.165) is 19.2 Å². The molecule has 146 valence electrons. The Bertz CT molecular complexity index is 683. The molecule has 1 fully saturated rings. The van der Waals surface area contributed by atoms with Crippen molar-refractivity contribution >= 4 is 30.8 Å². The first-order valence-corrected chi connectivity index (χ1v) is 11.4. The maximum Gasteiger partial charge on any atom is 0.256 e. The fourth-order valence-electron chi connectivity index (χ4n) is 3.08. The minimum atomic E-state index is -1.67. The van der Waals surface area contributed by atoms with Crippen molar-refractivity contribution in [3.8, 4) is 0 Å². The van der Waals surface area contributed by atoms with Gasteiger partial charge in [0.15, 0.2) is 5.78 Å². The third-order valence-corrected chi connectivity index (χ3v) is 6.08. The SMILES string of the molecule is C=P(C)(C)CC[C@H]1OC([C@@H]2C=C(C(O)C(C)=O)C(=O)NC2=O)[C@H](O)[C@@H]1O. The minimum absolute atomic E-state index is 0.263. The molecule has 6 atom stereocenters. The lowest BCUT2D eigenvalue weighted by Gasteiger charge is -2.27. The molecule has 2 rings (SSSR count). The second-order valence-corrected chi connectivity index (χ2v) is 11.9. The number of aliphatic hydroxyl groups excluding tert-OH is 3. The summed E-state index contributed by atoms with van der Waals surface area (Å²) >= 11 is 0. The molecule has 2 unspecified atom stereocenters. The maximum atomic E-state index is 12.2. The molecule has 0 radical (unpaired) electrons. The zero-order valence-corrected chi connectivity index (χ0v) is 16.0. The maximum absolute atomic E-state index is 12.2. The lowest BCUT2D eigenvalue weighted by Crippen LogP contribution is -2.50. The van der Waals surface area contributed by atoms with Crippen LogP contribution in [0.5, 0.6) is 0 Å². The fraction of sp³-hybridized carbons (Fsp3) is 0.647. The van der Waals surface area contributed by atoms with Gasteiger partial charge >= 0.3 is 0 Å². The Balaban J connectivity index is 2.22. The Kier molecular flexibility index (Phi) is 6.25. The first-order chi connectivity index (χ1) is 11.9. The highest BCUT2D eigenvalue weighted by molar-refractivity contribution is 7.72. The molecule has 0 bridgehead atoms. The third kappa shape index (κ3) is 4.50. The molecular weight excluding hydrogens is 361 g/mol. The highest BCUT2D eigenvalue weighted by Crippen LogP contribution is 2.39. The number of ether oxygens (including phenoxy) is 1. The Morgan fingerprint density at radius 3 is 2.50 bits per heavy atom. The molecule has 2 heterocycles. The van der Waals surface area contributed by atoms with E-state index >= 15 is 0 Å². The summed E-state index contributed by atoms with van der Waals surface area (Å²) in [6.07, 6.45) is 0.560. The van der Waals surface area contributed by atoms with Crippen molar-refractivity contribution < 1.29 is 34.4 Å². The summed E-state index contributed by atoms with van der Waals surface area (Å²) in [5, 5.41) is 32.5. The van der Waals surface area contributed by atoms with Gasteiger partial charge in [-0.2, -0.15) is 0 Å². The quantitative estimate of drug-likeness (QED) is 0.330. The van der Waals surface area contributed by atoms with E-state index in [-0.39, 0.29) is 5.57 Å². The summed E-state index contributed by atoms with van der Waals surface area (Å²) in [5.41, 5.74) is -0.263. The van der Waals surface area contributed by atoms with E-state index in [2.05, 4.69) is 11.6 Å². The van der Waals surface area contributed by atoms with Crippen LogP contribution in [0.15, 0.2) is 11.6 Å². The van der Waals surface area contributed by atoms with E-state index in [9.17, 15) is 29.7 Å². The first-order valence-electron chi connectivity index (χ1n) is 8.36. The number of nitrogens with one attached hydrogen (secondary N) is 1. The van der Waals surface area contributed by atoms with E-state index in [1.807, 2.05) is 13.3 Å². The van der Waals surface area contributed by atoms with Crippen molar-refractivity contribution in [1.82, 2.24) is 5.32 Å². The molecule has 0 saturated carbocycles. The Morgan fingerprint density at radius 2 is 1.96 bits per heavy atom. The van der Waals surface area contributed by atoms with Crippen LogP contribution in [0.4, 0.5) is 0 Å². The number of ketones is 1. The van der Waals surface area contributed by atoms with Crippen molar-refractivity contribution in [2.45, 2.75) is 43.9 Å². The first kappa shape index (κ1) is 21.0. The predicted molar refractivity (Wildman–Crippen MR) is 97.5 cm³/mol. The largest absolute Gasteiger partial charge is 0.388 e. The van der Waals surface area contributed by atoms with Gasteiger partial charge in [-0.3, -0.25) is 19.7 Å². The molecule has 0 aromatic heterocycles. The highest BCUT2D eigenvalue weighted by Gasteiger charge is 2.49. The monoisotopic (exact) mass is 387 g/mol. The van der Waals surface area contributed by atoms with Crippen molar-refractivity contribution in [2.75, 3.05) is 19.5 Å². The van der Waals surface area contributed by atoms with Crippen LogP contribution < -0.4 is 5.32 Å². The van der Waals surface area contributed by atoms with E-state index in [1.165, 1.54) is 0 Å². The van der Waals surface area contributed by atoms with Crippen molar-refractivity contribution in [1.29, 1.82) is 0 Å². The van der Waals surface area contributed by atoms with Crippen LogP contribution in [-0.4, -0.2) is 89.2 Å². The number of hydrogen-bond donors (Lipinski definition) is 4. The summed E-state index contributed by atoms with van der Waals surface area (Å²) in [5.74, 6) is -3.32. The number of amides is 2. The standard InChI is InChI=1S/C17H26NO7P/c1-8(19)12(20)9-7-10(17(24)18-16(9)23)15-14(22)13(21)11(25-15)5-6-26(2,3)4/h7,10-15,20-22H,2,5-6H2,1,3-4H3,(H,18,23,24)/t10-,11+,12?,13+,14+,15?/m0/s1. The zero-order chi connectivity index (χ0) is 19.8. The van der Waals surface area contributed by atoms with E-state index in [0.29, 0.717) is 6.42 Å². The second kappa shape index (κ2) is 7.74. The summed E-state index contributed by atoms with van der Waals surface area (Å²) < 4.78 is 5.72. The van der Waals surface area contributed by atoms with Crippen molar-refractivity contribution in [2.24, 2.45) is 5.92 Å². The second-order valence-electron chi connectivity index (χ2n) is 7.55. The van der Waals surface area contributed by atoms with Gasteiger partial charge in [0.05, 0.1) is 17.6 Å². The van der Waals surface area contributed by atoms with Crippen LogP contribution in [0, 0.1) is 5.92 Å². The van der Waals surface area contributed by atoms with Gasteiger partial charge in [0, 0.05) is 0 Å². The summed E-state index contributed by atoms with van der Waals surface area (Å²) in [4.78, 5) is 35.4. The van der Waals surface area contributed by atoms with Gasteiger partial charge < -0.3 is 20.1 Å².